The Balaban J connectivity index is 2.89. The number of amides is 3. The lowest BCUT2D eigenvalue weighted by Gasteiger charge is -1.99. The van der Waals surface area contributed by atoms with Crippen LogP contribution in [0.15, 0.2) is 4.99 Å². The topological polar surface area (TPSA) is 75.6 Å². The summed E-state index contributed by atoms with van der Waals surface area (Å²) in [6, 6.07) is -0.792. The van der Waals surface area contributed by atoms with Crippen molar-refractivity contribution in [2.75, 3.05) is 0 Å². The zero-order valence-corrected chi connectivity index (χ0v) is 4.25. The zero-order valence-electron chi connectivity index (χ0n) is 4.25. The Morgan fingerprint density at radius 2 is 2.00 bits per heavy atom. The van der Waals surface area contributed by atoms with E-state index in [1.54, 1.807) is 5.32 Å². The summed E-state index contributed by atoms with van der Waals surface area (Å²) < 4.78 is 0. The van der Waals surface area contributed by atoms with Gasteiger partial charge in [0.1, 0.15) is 0 Å². The number of hydrogen-bond donors (Lipinski definition) is 1. The van der Waals surface area contributed by atoms with Gasteiger partial charge < -0.3 is 0 Å². The molecular weight excluding hydrogens is 124 g/mol. The summed E-state index contributed by atoms with van der Waals surface area (Å²) in [7, 11) is 0. The number of Topliss-reactive ketones (excluding diaryl/α,β-unsaturated/α-hetero) is 1. The highest BCUT2D eigenvalue weighted by molar-refractivity contribution is 6.61. The molecule has 0 aliphatic carbocycles. The van der Waals surface area contributed by atoms with E-state index in [0.29, 0.717) is 6.21 Å². The lowest BCUT2D eigenvalue weighted by molar-refractivity contribution is -0.133. The molecular formula is C4H2N2O3. The molecule has 1 aliphatic heterocycles. The number of carbonyl (C=O) groups excluding carboxylic acids is 3. The van der Waals surface area contributed by atoms with Gasteiger partial charge in [0.2, 0.25) is 0 Å². The third-order valence-electron chi connectivity index (χ3n) is 0.743. The normalized spacial score (nSPS) is 18.0. The van der Waals surface area contributed by atoms with Gasteiger partial charge in [-0.25, -0.2) is 4.79 Å². The molecule has 0 saturated heterocycles. The number of imide groups is 1. The van der Waals surface area contributed by atoms with E-state index in [9.17, 15) is 14.4 Å². The van der Waals surface area contributed by atoms with Crippen LogP contribution in [0.1, 0.15) is 0 Å². The molecule has 0 atom stereocenters. The second-order valence-electron chi connectivity index (χ2n) is 1.38. The maximum Gasteiger partial charge on any atom is 0.348 e. The summed E-state index contributed by atoms with van der Waals surface area (Å²) in [5, 5.41) is 1.70. The minimum absolute atomic E-state index is 0.696. The van der Waals surface area contributed by atoms with Crippen molar-refractivity contribution in [1.29, 1.82) is 0 Å². The van der Waals surface area contributed by atoms with Crippen LogP contribution in [-0.2, 0) is 9.59 Å². The van der Waals surface area contributed by atoms with E-state index in [-0.39, 0.29) is 0 Å². The fourth-order valence-corrected chi connectivity index (χ4v) is 0.367. The van der Waals surface area contributed by atoms with Crippen LogP contribution in [-0.4, -0.2) is 23.9 Å². The van der Waals surface area contributed by atoms with Crippen molar-refractivity contribution in [1.82, 2.24) is 5.32 Å². The summed E-state index contributed by atoms with van der Waals surface area (Å²) in [5.74, 6) is -1.72. The third-order valence-corrected chi connectivity index (χ3v) is 0.743. The van der Waals surface area contributed by atoms with Gasteiger partial charge in [0, 0.05) is 0 Å². The summed E-state index contributed by atoms with van der Waals surface area (Å²) in [5.41, 5.74) is 0. The number of nitrogens with one attached hydrogen (secondary N) is 1. The molecule has 0 aromatic heterocycles. The lowest BCUT2D eigenvalue weighted by atomic mass is 10.4. The maximum absolute atomic E-state index is 10.2. The van der Waals surface area contributed by atoms with Gasteiger partial charge in [-0.15, -0.1) is 0 Å². The van der Waals surface area contributed by atoms with Gasteiger partial charge in [0.05, 0.1) is 6.21 Å². The molecule has 0 aromatic carbocycles. The van der Waals surface area contributed by atoms with Gasteiger partial charge in [-0.05, 0) is 0 Å². The largest absolute Gasteiger partial charge is 0.348 e. The van der Waals surface area contributed by atoms with Crippen LogP contribution in [0, 0.1) is 0 Å². The second kappa shape index (κ2) is 1.77. The fourth-order valence-electron chi connectivity index (χ4n) is 0.367. The number of hydrogen-bond acceptors (Lipinski definition) is 3. The molecule has 0 aromatic rings. The smallest absolute Gasteiger partial charge is 0.282 e. The highest BCUT2D eigenvalue weighted by Crippen LogP contribution is 1.81. The van der Waals surface area contributed by atoms with Crippen molar-refractivity contribution < 1.29 is 14.4 Å². The summed E-state index contributed by atoms with van der Waals surface area (Å²) in [6.07, 6.45) is 0.696. The monoisotopic (exact) mass is 126 g/mol. The molecule has 46 valence electrons. The van der Waals surface area contributed by atoms with Gasteiger partial charge in [0.15, 0.2) is 0 Å². The first-order valence-corrected chi connectivity index (χ1v) is 2.13. The van der Waals surface area contributed by atoms with E-state index in [0.717, 1.165) is 0 Å². The van der Waals surface area contributed by atoms with Crippen LogP contribution < -0.4 is 5.32 Å². The number of aliphatic imine (C=N–C) groups is 1. The third kappa shape index (κ3) is 0.987. The standard InChI is InChI=1S/C4H2N2O3/c7-2-1-5-4(9)6-3(2)8/h1H,(H,6,8,9). The minimum atomic E-state index is -0.921. The van der Waals surface area contributed by atoms with Crippen molar-refractivity contribution in [2.45, 2.75) is 0 Å². The van der Waals surface area contributed by atoms with Crippen molar-refractivity contribution in [3.63, 3.8) is 0 Å². The number of ketones is 1. The van der Waals surface area contributed by atoms with Crippen LogP contribution in [0.4, 0.5) is 4.79 Å². The molecule has 1 N–H and O–H groups in total. The average Bonchev–Trinajstić information content (AvgIpc) is 1.80. The average molecular weight is 126 g/mol. The van der Waals surface area contributed by atoms with Crippen LogP contribution >= 0.6 is 0 Å². The molecule has 5 heteroatoms. The Labute approximate surface area is 49.8 Å². The molecule has 0 radical (unpaired) electrons. The van der Waals surface area contributed by atoms with Gasteiger partial charge in [0.25, 0.3) is 5.78 Å². The van der Waals surface area contributed by atoms with E-state index in [2.05, 4.69) is 4.99 Å². The van der Waals surface area contributed by atoms with Crippen LogP contribution in [0.2, 0.25) is 0 Å². The van der Waals surface area contributed by atoms with Gasteiger partial charge in [-0.1, -0.05) is 0 Å². The number of carbonyl (C=O) groups is 3. The summed E-state index contributed by atoms with van der Waals surface area (Å²) in [4.78, 5) is 33.6. The first kappa shape index (κ1) is 5.61. The van der Waals surface area contributed by atoms with Gasteiger partial charge in [-0.3, -0.25) is 14.9 Å². The van der Waals surface area contributed by atoms with E-state index < -0.39 is 17.7 Å². The molecule has 0 unspecified atom stereocenters. The SMILES string of the molecule is O=C1N=CC(=O)C(=O)N1. The van der Waals surface area contributed by atoms with E-state index in [1.165, 1.54) is 0 Å². The van der Waals surface area contributed by atoms with E-state index in [1.807, 2.05) is 0 Å². The van der Waals surface area contributed by atoms with Crippen molar-refractivity contribution in [3.8, 4) is 0 Å². The molecule has 0 spiro atoms. The molecule has 9 heavy (non-hydrogen) atoms. The Morgan fingerprint density at radius 3 is 2.44 bits per heavy atom. The van der Waals surface area contributed by atoms with Gasteiger partial charge >= 0.3 is 11.9 Å². The molecule has 1 rings (SSSR count). The predicted octanol–water partition coefficient (Wildman–Crippen LogP) is -1.12. The molecule has 0 saturated carbocycles. The number of urea groups is 1. The summed E-state index contributed by atoms with van der Waals surface area (Å²) >= 11 is 0. The number of nitrogens with zero attached hydrogens (tertiary/aromatic N) is 1. The first-order chi connectivity index (χ1) is 4.20. The Hall–Kier alpha value is -1.52. The van der Waals surface area contributed by atoms with Crippen LogP contribution in [0.5, 0.6) is 0 Å². The highest BCUT2D eigenvalue weighted by atomic mass is 16.2. The van der Waals surface area contributed by atoms with Crippen molar-refractivity contribution in [2.24, 2.45) is 4.99 Å². The predicted molar refractivity (Wildman–Crippen MR) is 27.0 cm³/mol. The van der Waals surface area contributed by atoms with Crippen molar-refractivity contribution in [3.05, 3.63) is 0 Å². The highest BCUT2D eigenvalue weighted by Gasteiger charge is 2.18. The Bertz CT molecular complexity index is 218. The Kier molecular flexibility index (Phi) is 1.11. The van der Waals surface area contributed by atoms with Gasteiger partial charge in [-0.2, -0.15) is 4.99 Å². The molecule has 1 heterocycles. The molecule has 1 aliphatic rings. The molecule has 0 fully saturated rings. The molecule has 5 nitrogen and oxygen atoms in total. The number of rotatable bonds is 0. The van der Waals surface area contributed by atoms with Crippen LogP contribution in [0.3, 0.4) is 0 Å². The molecule has 0 bridgehead atoms. The van der Waals surface area contributed by atoms with E-state index >= 15 is 0 Å². The first-order valence-electron chi connectivity index (χ1n) is 2.13. The minimum Gasteiger partial charge on any atom is -0.282 e. The summed E-state index contributed by atoms with van der Waals surface area (Å²) in [6.45, 7) is 0. The van der Waals surface area contributed by atoms with E-state index in [4.69, 9.17) is 0 Å². The molecule has 3 amide bonds. The Morgan fingerprint density at radius 1 is 1.33 bits per heavy atom. The lowest BCUT2D eigenvalue weighted by Crippen LogP contribution is -2.38. The quantitative estimate of drug-likeness (QED) is 0.417. The van der Waals surface area contributed by atoms with Crippen molar-refractivity contribution >= 4 is 23.9 Å². The second-order valence-corrected chi connectivity index (χ2v) is 1.38. The fraction of sp³-hybridized carbons (Fsp3) is 0. The maximum atomic E-state index is 10.2. The van der Waals surface area contributed by atoms with Crippen LogP contribution in [0.25, 0.3) is 0 Å². The zero-order chi connectivity index (χ0) is 6.85.